The molecule has 0 fully saturated rings. The zero-order chi connectivity index (χ0) is 39.3. The van der Waals surface area contributed by atoms with Crippen LogP contribution in [0, 0.1) is 0 Å². The number of carbonyl (C=O) groups excluding carboxylic acids is 2. The number of hydrogen-bond acceptors (Lipinski definition) is 5. The van der Waals surface area contributed by atoms with Gasteiger partial charge in [0.1, 0.15) is 6.61 Å². The fraction of sp³-hybridized carbons (Fsp3) is 0.714. The highest BCUT2D eigenvalue weighted by Gasteiger charge is 2.16. The van der Waals surface area contributed by atoms with Crippen molar-refractivity contribution in [3.8, 4) is 0 Å². The van der Waals surface area contributed by atoms with Gasteiger partial charge in [0.2, 0.25) is 0 Å². The highest BCUT2D eigenvalue weighted by molar-refractivity contribution is 5.70. The summed E-state index contributed by atoms with van der Waals surface area (Å²) in [5.74, 6) is -0.622. The van der Waals surface area contributed by atoms with Gasteiger partial charge in [-0.15, -0.1) is 0 Å². The van der Waals surface area contributed by atoms with Crippen LogP contribution in [-0.4, -0.2) is 36.4 Å². The summed E-state index contributed by atoms with van der Waals surface area (Å²) < 4.78 is 10.6. The molecule has 0 bridgehead atoms. The van der Waals surface area contributed by atoms with Gasteiger partial charge in [-0.3, -0.25) is 9.59 Å². The van der Waals surface area contributed by atoms with Crippen LogP contribution in [0.3, 0.4) is 0 Å². The first-order valence-corrected chi connectivity index (χ1v) is 22.5. The summed E-state index contributed by atoms with van der Waals surface area (Å²) in [6.45, 7) is 4.08. The standard InChI is InChI=1S/C49H84O5/c1-3-5-7-9-11-13-15-17-19-21-23-24-26-28-30-32-34-36-38-40-42-44-49(52)54-47(45-50)46-53-48(51)43-41-39-37-35-33-31-29-27-25-22-20-18-16-14-12-10-8-6-4-2/h12,14-15,17-18,20-21,23,25-28,47,50H,3-11,13,16,19,22,24,29-46H2,1-2H3/b14-12-,17-15-,20-18-,23-21-,27-25-,28-26-. The average Bonchev–Trinajstić information content (AvgIpc) is 3.17. The molecule has 0 heterocycles. The molecule has 0 aromatic rings. The minimum absolute atomic E-state index is 0.0814. The molecule has 54 heavy (non-hydrogen) atoms. The van der Waals surface area contributed by atoms with Crippen molar-refractivity contribution in [1.82, 2.24) is 0 Å². The molecule has 310 valence electrons. The molecule has 0 spiro atoms. The molecular formula is C49H84O5. The molecule has 1 unspecified atom stereocenters. The lowest BCUT2D eigenvalue weighted by molar-refractivity contribution is -0.161. The summed E-state index contributed by atoms with van der Waals surface area (Å²) in [5.41, 5.74) is 0. The van der Waals surface area contributed by atoms with E-state index in [1.807, 2.05) is 0 Å². The van der Waals surface area contributed by atoms with Crippen LogP contribution in [0.1, 0.15) is 206 Å². The second-order valence-corrected chi connectivity index (χ2v) is 14.8. The molecule has 5 heteroatoms. The van der Waals surface area contributed by atoms with Crippen molar-refractivity contribution in [1.29, 1.82) is 0 Å². The van der Waals surface area contributed by atoms with Crippen LogP contribution in [0.25, 0.3) is 0 Å². The highest BCUT2D eigenvalue weighted by atomic mass is 16.6. The monoisotopic (exact) mass is 753 g/mol. The number of aliphatic hydroxyl groups excluding tert-OH is 1. The average molecular weight is 753 g/mol. The van der Waals surface area contributed by atoms with Crippen molar-refractivity contribution in [2.45, 2.75) is 213 Å². The molecule has 0 rings (SSSR count). The lowest BCUT2D eigenvalue weighted by atomic mass is 10.1. The van der Waals surface area contributed by atoms with Gasteiger partial charge in [0.25, 0.3) is 0 Å². The number of hydrogen-bond donors (Lipinski definition) is 1. The van der Waals surface area contributed by atoms with E-state index in [0.717, 1.165) is 77.0 Å². The zero-order valence-electron chi connectivity index (χ0n) is 35.2. The number of allylic oxidation sites excluding steroid dienone is 12. The normalized spacial score (nSPS) is 12.9. The Morgan fingerprint density at radius 1 is 0.426 bits per heavy atom. The van der Waals surface area contributed by atoms with Crippen molar-refractivity contribution in [2.75, 3.05) is 13.2 Å². The second-order valence-electron chi connectivity index (χ2n) is 14.8. The molecule has 0 aromatic carbocycles. The molecule has 0 aliphatic rings. The van der Waals surface area contributed by atoms with Gasteiger partial charge >= 0.3 is 11.9 Å². The minimum atomic E-state index is -0.788. The molecule has 0 aromatic heterocycles. The number of ether oxygens (including phenoxy) is 2. The molecule has 5 nitrogen and oxygen atoms in total. The maximum absolute atomic E-state index is 12.2. The molecule has 0 saturated carbocycles. The third kappa shape index (κ3) is 42.1. The molecule has 1 N–H and O–H groups in total. The largest absolute Gasteiger partial charge is 0.462 e. The molecule has 0 radical (unpaired) electrons. The van der Waals surface area contributed by atoms with Gasteiger partial charge in [0.15, 0.2) is 6.10 Å². The second kappa shape index (κ2) is 44.7. The number of aliphatic hydroxyl groups is 1. The van der Waals surface area contributed by atoms with Crippen LogP contribution >= 0.6 is 0 Å². The number of unbranched alkanes of at least 4 members (excludes halogenated alkanes) is 20. The number of esters is 2. The van der Waals surface area contributed by atoms with Gasteiger partial charge < -0.3 is 14.6 Å². The van der Waals surface area contributed by atoms with Crippen LogP contribution in [0.4, 0.5) is 0 Å². The molecular weight excluding hydrogens is 669 g/mol. The first-order chi connectivity index (χ1) is 26.6. The summed E-state index contributed by atoms with van der Waals surface area (Å²) >= 11 is 0. The Morgan fingerprint density at radius 2 is 0.741 bits per heavy atom. The van der Waals surface area contributed by atoms with Crippen molar-refractivity contribution < 1.29 is 24.2 Å². The highest BCUT2D eigenvalue weighted by Crippen LogP contribution is 2.12. The smallest absolute Gasteiger partial charge is 0.306 e. The Bertz CT molecular complexity index is 988. The maximum Gasteiger partial charge on any atom is 0.306 e. The van der Waals surface area contributed by atoms with Gasteiger partial charge in [-0.2, -0.15) is 0 Å². The van der Waals surface area contributed by atoms with Crippen LogP contribution in [-0.2, 0) is 19.1 Å². The Balaban J connectivity index is 3.61. The molecule has 1 atom stereocenters. The third-order valence-electron chi connectivity index (χ3n) is 9.47. The Kier molecular flexibility index (Phi) is 42.5. The summed E-state index contributed by atoms with van der Waals surface area (Å²) in [6, 6.07) is 0. The van der Waals surface area contributed by atoms with E-state index < -0.39 is 6.10 Å². The predicted octanol–water partition coefficient (Wildman–Crippen LogP) is 14.5. The molecule has 0 amide bonds. The first-order valence-electron chi connectivity index (χ1n) is 22.5. The fourth-order valence-corrected chi connectivity index (χ4v) is 6.04. The quantitative estimate of drug-likeness (QED) is 0.0383. The van der Waals surface area contributed by atoms with E-state index in [-0.39, 0.29) is 25.2 Å². The summed E-state index contributed by atoms with van der Waals surface area (Å²) in [4.78, 5) is 24.4. The predicted molar refractivity (Wildman–Crippen MR) is 233 cm³/mol. The van der Waals surface area contributed by atoms with Crippen LogP contribution in [0.2, 0.25) is 0 Å². The first kappa shape index (κ1) is 51.3. The van der Waals surface area contributed by atoms with Gasteiger partial charge in [-0.1, -0.05) is 177 Å². The molecule has 0 saturated heterocycles. The van der Waals surface area contributed by atoms with Gasteiger partial charge in [-0.05, 0) is 89.9 Å². The van der Waals surface area contributed by atoms with Crippen LogP contribution in [0.5, 0.6) is 0 Å². The SMILES string of the molecule is CCCCC/C=C\C/C=C\C/C=C\CCCCCCCCC(=O)OCC(CO)OC(=O)CCCCCCCC/C=C\C/C=C\C/C=C\CCCCCCC. The van der Waals surface area contributed by atoms with Gasteiger partial charge in [0, 0.05) is 12.8 Å². The van der Waals surface area contributed by atoms with E-state index in [2.05, 4.69) is 86.8 Å². The van der Waals surface area contributed by atoms with E-state index in [4.69, 9.17) is 9.47 Å². The summed E-state index contributed by atoms with van der Waals surface area (Å²) in [6.07, 6.45) is 59.6. The number of carbonyl (C=O) groups is 2. The Labute approximate surface area is 333 Å². The van der Waals surface area contributed by atoms with Crippen LogP contribution < -0.4 is 0 Å². The topological polar surface area (TPSA) is 72.8 Å². The minimum Gasteiger partial charge on any atom is -0.462 e. The third-order valence-corrected chi connectivity index (χ3v) is 9.47. The molecule has 0 aliphatic heterocycles. The van der Waals surface area contributed by atoms with E-state index in [1.54, 1.807) is 0 Å². The Morgan fingerprint density at radius 3 is 1.15 bits per heavy atom. The summed E-state index contributed by atoms with van der Waals surface area (Å²) in [7, 11) is 0. The number of rotatable bonds is 40. The summed E-state index contributed by atoms with van der Waals surface area (Å²) in [5, 5.41) is 9.59. The Hall–Kier alpha value is -2.66. The van der Waals surface area contributed by atoms with Crippen molar-refractivity contribution in [3.63, 3.8) is 0 Å². The van der Waals surface area contributed by atoms with E-state index >= 15 is 0 Å². The lowest BCUT2D eigenvalue weighted by Crippen LogP contribution is -2.28. The van der Waals surface area contributed by atoms with E-state index in [9.17, 15) is 14.7 Å². The van der Waals surface area contributed by atoms with Crippen molar-refractivity contribution >= 4 is 11.9 Å². The fourth-order valence-electron chi connectivity index (χ4n) is 6.04. The van der Waals surface area contributed by atoms with Gasteiger partial charge in [0.05, 0.1) is 6.61 Å². The zero-order valence-corrected chi connectivity index (χ0v) is 35.2. The maximum atomic E-state index is 12.2. The van der Waals surface area contributed by atoms with E-state index in [0.29, 0.717) is 12.8 Å². The van der Waals surface area contributed by atoms with Crippen LogP contribution in [0.15, 0.2) is 72.9 Å². The molecule has 0 aliphatic carbocycles. The van der Waals surface area contributed by atoms with Gasteiger partial charge in [-0.25, -0.2) is 0 Å². The lowest BCUT2D eigenvalue weighted by Gasteiger charge is -2.15. The van der Waals surface area contributed by atoms with Crippen molar-refractivity contribution in [3.05, 3.63) is 72.9 Å². The van der Waals surface area contributed by atoms with E-state index in [1.165, 1.54) is 103 Å². The van der Waals surface area contributed by atoms with Crippen molar-refractivity contribution in [2.24, 2.45) is 0 Å².